The molecule has 0 rings (SSSR count). The maximum atomic E-state index is 7.57. The van der Waals surface area contributed by atoms with E-state index in [-0.39, 0.29) is 6.61 Å². The Labute approximate surface area is 82.2 Å². The molecule has 0 aliphatic rings. The van der Waals surface area contributed by atoms with Crippen LogP contribution < -0.4 is 0 Å². The molecule has 4 nitrogen and oxygen atoms in total. The zero-order valence-electron chi connectivity index (χ0n) is 8.95. The molecule has 0 atom stereocenters. The van der Waals surface area contributed by atoms with Crippen LogP contribution in [0.4, 0.5) is 0 Å². The fourth-order valence-electron chi connectivity index (χ4n) is 0.428. The molecule has 0 bridgehead atoms. The van der Waals surface area contributed by atoms with Gasteiger partial charge in [0.1, 0.15) is 0 Å². The summed E-state index contributed by atoms with van der Waals surface area (Å²) in [6, 6.07) is 0. The van der Waals surface area contributed by atoms with Crippen LogP contribution in [0.2, 0.25) is 0 Å². The summed E-state index contributed by atoms with van der Waals surface area (Å²) in [5.41, 5.74) is 0. The van der Waals surface area contributed by atoms with E-state index < -0.39 is 8.60 Å². The third kappa shape index (κ3) is 15.1. The predicted molar refractivity (Wildman–Crippen MR) is 54.6 cm³/mol. The molecule has 0 heterocycles. The average molecular weight is 212 g/mol. The van der Waals surface area contributed by atoms with Crippen LogP contribution in [0.15, 0.2) is 0 Å². The maximum absolute atomic E-state index is 7.57. The van der Waals surface area contributed by atoms with Gasteiger partial charge in [0.25, 0.3) is 0 Å². The lowest BCUT2D eigenvalue weighted by atomic mass is 10.9. The third-order valence-electron chi connectivity index (χ3n) is 0.704. The van der Waals surface area contributed by atoms with E-state index in [9.17, 15) is 0 Å². The summed E-state index contributed by atoms with van der Waals surface area (Å²) in [5.74, 6) is 0. The van der Waals surface area contributed by atoms with Gasteiger partial charge in [-0.2, -0.15) is 0 Å². The van der Waals surface area contributed by atoms with Gasteiger partial charge >= 0.3 is 8.60 Å². The van der Waals surface area contributed by atoms with Gasteiger partial charge < -0.3 is 18.7 Å². The number of rotatable bonds is 6. The van der Waals surface area contributed by atoms with Crippen molar-refractivity contribution < 1.29 is 18.7 Å². The molecule has 13 heavy (non-hydrogen) atoms. The number of aliphatic hydroxyl groups excluding tert-OH is 1. The minimum absolute atomic E-state index is 0.250. The van der Waals surface area contributed by atoms with Crippen LogP contribution in [0, 0.1) is 0 Å². The highest BCUT2D eigenvalue weighted by Gasteiger charge is 2.07. The summed E-state index contributed by atoms with van der Waals surface area (Å²) >= 11 is 0. The minimum atomic E-state index is -1.06. The predicted octanol–water partition coefficient (Wildman–Crippen LogP) is 2.32. The largest absolute Gasteiger partial charge is 0.397 e. The van der Waals surface area contributed by atoms with Crippen molar-refractivity contribution in [2.24, 2.45) is 0 Å². The Morgan fingerprint density at radius 1 is 0.846 bits per heavy atom. The Kier molecular flexibility index (Phi) is 17.9. The van der Waals surface area contributed by atoms with Crippen molar-refractivity contribution in [3.63, 3.8) is 0 Å². The summed E-state index contributed by atoms with van der Waals surface area (Å²) in [7, 11) is -1.06. The second kappa shape index (κ2) is 14.8. The van der Waals surface area contributed by atoms with Gasteiger partial charge in [0.15, 0.2) is 0 Å². The summed E-state index contributed by atoms with van der Waals surface area (Å²) < 4.78 is 15.4. The summed E-state index contributed by atoms with van der Waals surface area (Å²) in [6.45, 7) is 9.64. The summed E-state index contributed by atoms with van der Waals surface area (Å²) in [5, 5.41) is 7.57. The topological polar surface area (TPSA) is 47.9 Å². The molecular weight excluding hydrogens is 191 g/mol. The van der Waals surface area contributed by atoms with E-state index in [0.29, 0.717) is 19.8 Å². The van der Waals surface area contributed by atoms with Crippen LogP contribution in [-0.4, -0.2) is 31.5 Å². The molecular formula is C8H21O4P. The van der Waals surface area contributed by atoms with E-state index in [2.05, 4.69) is 0 Å². The van der Waals surface area contributed by atoms with E-state index in [4.69, 9.17) is 18.7 Å². The second-order valence-corrected chi connectivity index (χ2v) is 3.01. The van der Waals surface area contributed by atoms with Crippen LogP contribution in [0.25, 0.3) is 0 Å². The highest BCUT2D eigenvalue weighted by Crippen LogP contribution is 2.38. The minimum Gasteiger partial charge on any atom is -0.397 e. The van der Waals surface area contributed by atoms with Crippen molar-refractivity contribution in [3.05, 3.63) is 0 Å². The molecule has 0 aromatic heterocycles. The molecule has 0 fully saturated rings. The first-order chi connectivity index (χ1) is 6.26. The SMILES string of the molecule is CCO.CCOP(OCC)OCC. The van der Waals surface area contributed by atoms with Gasteiger partial charge in [-0.15, -0.1) is 0 Å². The average Bonchev–Trinajstić information content (AvgIpc) is 2.07. The van der Waals surface area contributed by atoms with Crippen LogP contribution in [0.5, 0.6) is 0 Å². The summed E-state index contributed by atoms with van der Waals surface area (Å²) in [6.07, 6.45) is 0. The normalized spacial score (nSPS) is 9.69. The van der Waals surface area contributed by atoms with Crippen LogP contribution in [0.3, 0.4) is 0 Å². The van der Waals surface area contributed by atoms with Gasteiger partial charge in [0, 0.05) is 6.61 Å². The number of aliphatic hydroxyl groups is 1. The lowest BCUT2D eigenvalue weighted by Gasteiger charge is -2.12. The summed E-state index contributed by atoms with van der Waals surface area (Å²) in [4.78, 5) is 0. The fourth-order valence-corrected chi connectivity index (χ4v) is 1.28. The van der Waals surface area contributed by atoms with Crippen LogP contribution in [0.1, 0.15) is 27.7 Å². The van der Waals surface area contributed by atoms with Crippen LogP contribution >= 0.6 is 8.60 Å². The van der Waals surface area contributed by atoms with Crippen molar-refractivity contribution in [1.82, 2.24) is 0 Å². The Bertz CT molecular complexity index is 68.3. The molecule has 0 aliphatic heterocycles. The van der Waals surface area contributed by atoms with Gasteiger partial charge in [-0.3, -0.25) is 0 Å². The first-order valence-corrected chi connectivity index (χ1v) is 5.65. The molecule has 0 spiro atoms. The van der Waals surface area contributed by atoms with E-state index >= 15 is 0 Å². The van der Waals surface area contributed by atoms with Gasteiger partial charge in [0.2, 0.25) is 0 Å². The Balaban J connectivity index is 0. The lowest BCUT2D eigenvalue weighted by Crippen LogP contribution is -1.94. The second-order valence-electron chi connectivity index (χ2n) is 1.79. The van der Waals surface area contributed by atoms with Crippen LogP contribution in [-0.2, 0) is 13.6 Å². The molecule has 0 amide bonds. The third-order valence-corrected chi connectivity index (χ3v) is 2.11. The monoisotopic (exact) mass is 212 g/mol. The molecule has 0 saturated heterocycles. The standard InChI is InChI=1S/C6H15O3P.C2H6O/c1-4-7-10(8-5-2)9-6-3;1-2-3/h4-6H2,1-3H3;3H,2H2,1H3. The van der Waals surface area contributed by atoms with E-state index in [1.165, 1.54) is 0 Å². The zero-order valence-corrected chi connectivity index (χ0v) is 9.84. The quantitative estimate of drug-likeness (QED) is 0.686. The van der Waals surface area contributed by atoms with Gasteiger partial charge in [0.05, 0.1) is 19.8 Å². The smallest absolute Gasteiger partial charge is 0.332 e. The Morgan fingerprint density at radius 3 is 1.23 bits per heavy atom. The fraction of sp³-hybridized carbons (Fsp3) is 1.00. The van der Waals surface area contributed by atoms with Crippen molar-refractivity contribution in [2.45, 2.75) is 27.7 Å². The molecule has 5 heteroatoms. The molecule has 0 aromatic rings. The molecule has 82 valence electrons. The molecule has 0 saturated carbocycles. The van der Waals surface area contributed by atoms with Crippen molar-refractivity contribution in [1.29, 1.82) is 0 Å². The molecule has 0 aliphatic carbocycles. The van der Waals surface area contributed by atoms with E-state index in [0.717, 1.165) is 0 Å². The van der Waals surface area contributed by atoms with Crippen molar-refractivity contribution >= 4 is 8.60 Å². The molecule has 1 N–H and O–H groups in total. The van der Waals surface area contributed by atoms with Gasteiger partial charge in [-0.25, -0.2) is 0 Å². The Hall–Kier alpha value is 0.270. The number of hydrogen-bond donors (Lipinski definition) is 1. The molecule has 0 radical (unpaired) electrons. The van der Waals surface area contributed by atoms with Crippen molar-refractivity contribution in [3.8, 4) is 0 Å². The zero-order chi connectivity index (χ0) is 10.5. The van der Waals surface area contributed by atoms with Crippen molar-refractivity contribution in [2.75, 3.05) is 26.4 Å². The lowest BCUT2D eigenvalue weighted by molar-refractivity contribution is 0.176. The molecule has 0 aromatic carbocycles. The molecule has 0 unspecified atom stereocenters. The Morgan fingerprint density at radius 2 is 1.08 bits per heavy atom. The van der Waals surface area contributed by atoms with Gasteiger partial charge in [-0.1, -0.05) is 0 Å². The highest BCUT2D eigenvalue weighted by atomic mass is 31.2. The maximum Gasteiger partial charge on any atom is 0.332 e. The van der Waals surface area contributed by atoms with E-state index in [1.807, 2.05) is 20.8 Å². The number of hydrogen-bond acceptors (Lipinski definition) is 4. The highest BCUT2D eigenvalue weighted by molar-refractivity contribution is 7.41. The first-order valence-electron chi connectivity index (χ1n) is 4.56. The van der Waals surface area contributed by atoms with E-state index in [1.54, 1.807) is 6.92 Å². The van der Waals surface area contributed by atoms with Gasteiger partial charge in [-0.05, 0) is 27.7 Å². The first kappa shape index (κ1) is 15.7.